The van der Waals surface area contributed by atoms with Gasteiger partial charge in [-0.25, -0.2) is 0 Å². The van der Waals surface area contributed by atoms with Gasteiger partial charge in [0.1, 0.15) is 0 Å². The van der Waals surface area contributed by atoms with Crippen molar-refractivity contribution in [3.8, 4) is 0 Å². The van der Waals surface area contributed by atoms with Crippen LogP contribution in [0.2, 0.25) is 0 Å². The molecule has 0 radical (unpaired) electrons. The van der Waals surface area contributed by atoms with Gasteiger partial charge in [-0.1, -0.05) is 12.5 Å². The first-order valence-corrected chi connectivity index (χ1v) is 4.46. The fourth-order valence-electron chi connectivity index (χ4n) is 1.62. The largest absolute Gasteiger partial charge is 1.00 e. The van der Waals surface area contributed by atoms with E-state index in [9.17, 15) is 0 Å². The summed E-state index contributed by atoms with van der Waals surface area (Å²) < 4.78 is 0. The summed E-state index contributed by atoms with van der Waals surface area (Å²) in [5.41, 5.74) is 2.91. The zero-order valence-corrected chi connectivity index (χ0v) is 8.46. The third kappa shape index (κ3) is 2.54. The van der Waals surface area contributed by atoms with Gasteiger partial charge < -0.3 is 4.90 Å². The van der Waals surface area contributed by atoms with Crippen LogP contribution in [0.3, 0.4) is 0 Å². The summed E-state index contributed by atoms with van der Waals surface area (Å²) >= 11 is 0. The SMILES string of the molecule is CN1C[CH-]c2ccccc2CC1.[Li+]. The molecule has 1 aromatic carbocycles. The van der Waals surface area contributed by atoms with Gasteiger partial charge in [-0.05, 0) is 20.1 Å². The number of benzene rings is 1. The molecule has 0 bridgehead atoms. The van der Waals surface area contributed by atoms with Gasteiger partial charge in [0.05, 0.1) is 0 Å². The second-order valence-corrected chi connectivity index (χ2v) is 3.42. The van der Waals surface area contributed by atoms with E-state index < -0.39 is 0 Å². The Morgan fingerprint density at radius 3 is 2.92 bits per heavy atom. The number of nitrogens with zero attached hydrogens (tertiary/aromatic N) is 1. The third-order valence-corrected chi connectivity index (χ3v) is 2.44. The van der Waals surface area contributed by atoms with Crippen molar-refractivity contribution < 1.29 is 18.9 Å². The fraction of sp³-hybridized carbons (Fsp3) is 0.364. The van der Waals surface area contributed by atoms with Gasteiger partial charge in [0.2, 0.25) is 0 Å². The zero-order chi connectivity index (χ0) is 8.39. The average molecular weight is 167 g/mol. The molecule has 0 atom stereocenters. The van der Waals surface area contributed by atoms with Crippen LogP contribution in [0.25, 0.3) is 0 Å². The van der Waals surface area contributed by atoms with Crippen molar-refractivity contribution in [1.82, 2.24) is 4.90 Å². The van der Waals surface area contributed by atoms with Crippen LogP contribution < -0.4 is 18.9 Å². The van der Waals surface area contributed by atoms with E-state index in [1.807, 2.05) is 0 Å². The van der Waals surface area contributed by atoms with Crippen molar-refractivity contribution >= 4 is 0 Å². The second-order valence-electron chi connectivity index (χ2n) is 3.42. The van der Waals surface area contributed by atoms with Crippen LogP contribution in [0, 0.1) is 6.42 Å². The number of hydrogen-bond acceptors (Lipinski definition) is 1. The Balaban J connectivity index is 0.000000845. The van der Waals surface area contributed by atoms with E-state index in [0.29, 0.717) is 0 Å². The maximum Gasteiger partial charge on any atom is 1.00 e. The van der Waals surface area contributed by atoms with E-state index in [2.05, 4.69) is 42.6 Å². The molecule has 0 aliphatic carbocycles. The molecule has 1 aromatic rings. The van der Waals surface area contributed by atoms with Crippen LogP contribution in [-0.2, 0) is 6.42 Å². The van der Waals surface area contributed by atoms with Gasteiger partial charge in [-0.2, -0.15) is 18.1 Å². The Bertz CT molecular complexity index is 246. The molecule has 0 aromatic heterocycles. The summed E-state index contributed by atoms with van der Waals surface area (Å²) in [6.45, 7) is 2.25. The summed E-state index contributed by atoms with van der Waals surface area (Å²) in [6, 6.07) is 8.66. The molecular weight excluding hydrogens is 153 g/mol. The van der Waals surface area contributed by atoms with E-state index in [1.165, 1.54) is 24.1 Å². The maximum atomic E-state index is 2.35. The van der Waals surface area contributed by atoms with Gasteiger partial charge in [0.25, 0.3) is 0 Å². The number of fused-ring (bicyclic) bond motifs is 1. The van der Waals surface area contributed by atoms with Crippen LogP contribution in [-0.4, -0.2) is 25.0 Å². The summed E-state index contributed by atoms with van der Waals surface area (Å²) in [5.74, 6) is 0. The van der Waals surface area contributed by atoms with Gasteiger partial charge in [-0.15, -0.1) is 17.7 Å². The zero-order valence-electron chi connectivity index (χ0n) is 8.46. The molecule has 0 amide bonds. The number of likely N-dealkylation sites (N-methyl/N-ethyl adjacent to an activating group) is 1. The average Bonchev–Trinajstić information content (AvgIpc) is 2.29. The van der Waals surface area contributed by atoms with Crippen molar-refractivity contribution in [2.45, 2.75) is 6.42 Å². The van der Waals surface area contributed by atoms with Gasteiger partial charge in [-0.3, -0.25) is 0 Å². The molecule has 0 spiro atoms. The molecule has 1 aliphatic rings. The van der Waals surface area contributed by atoms with Gasteiger partial charge in [0, 0.05) is 0 Å². The van der Waals surface area contributed by atoms with E-state index >= 15 is 0 Å². The molecule has 1 aliphatic heterocycles. The maximum absolute atomic E-state index is 2.35. The second kappa shape index (κ2) is 4.76. The van der Waals surface area contributed by atoms with Crippen molar-refractivity contribution in [2.75, 3.05) is 20.1 Å². The monoisotopic (exact) mass is 167 g/mol. The van der Waals surface area contributed by atoms with Crippen molar-refractivity contribution in [1.29, 1.82) is 0 Å². The molecular formula is C11H14LiN. The Labute approximate surface area is 92.3 Å². The Morgan fingerprint density at radius 2 is 2.08 bits per heavy atom. The predicted octanol–water partition coefficient (Wildman–Crippen LogP) is -1.27. The molecule has 0 fully saturated rings. The minimum Gasteiger partial charge on any atom is -0.315 e. The van der Waals surface area contributed by atoms with E-state index in [1.54, 1.807) is 0 Å². The van der Waals surface area contributed by atoms with Crippen LogP contribution in [0.5, 0.6) is 0 Å². The molecule has 0 unspecified atom stereocenters. The fourth-order valence-corrected chi connectivity index (χ4v) is 1.62. The third-order valence-electron chi connectivity index (χ3n) is 2.44. The first kappa shape index (κ1) is 10.7. The molecule has 2 rings (SSSR count). The van der Waals surface area contributed by atoms with Gasteiger partial charge in [0.15, 0.2) is 0 Å². The molecule has 1 heterocycles. The van der Waals surface area contributed by atoms with Crippen LogP contribution >= 0.6 is 0 Å². The number of hydrogen-bond donors (Lipinski definition) is 0. The minimum absolute atomic E-state index is 0. The van der Waals surface area contributed by atoms with E-state index in [4.69, 9.17) is 0 Å². The van der Waals surface area contributed by atoms with Crippen molar-refractivity contribution in [3.05, 3.63) is 41.8 Å². The quantitative estimate of drug-likeness (QED) is 0.344. The molecule has 1 nitrogen and oxygen atoms in total. The Kier molecular flexibility index (Phi) is 3.93. The summed E-state index contributed by atoms with van der Waals surface area (Å²) in [6.07, 6.45) is 3.49. The predicted molar refractivity (Wildman–Crippen MR) is 51.0 cm³/mol. The van der Waals surface area contributed by atoms with E-state index in [0.717, 1.165) is 6.54 Å². The topological polar surface area (TPSA) is 3.24 Å². The van der Waals surface area contributed by atoms with Gasteiger partial charge >= 0.3 is 18.9 Å². The summed E-state index contributed by atoms with van der Waals surface area (Å²) in [5, 5.41) is 0. The van der Waals surface area contributed by atoms with Crippen LogP contribution in [0.1, 0.15) is 11.1 Å². The van der Waals surface area contributed by atoms with Crippen LogP contribution in [0.4, 0.5) is 0 Å². The van der Waals surface area contributed by atoms with Crippen molar-refractivity contribution in [3.63, 3.8) is 0 Å². The first-order chi connectivity index (χ1) is 5.86. The molecule has 13 heavy (non-hydrogen) atoms. The standard InChI is InChI=1S/C11H14N.Li/c1-12-8-6-10-4-2-3-5-11(10)7-9-12;/h2-6H,7-9H2,1H3;/q-1;+1. The minimum atomic E-state index is 0. The van der Waals surface area contributed by atoms with E-state index in [-0.39, 0.29) is 18.9 Å². The summed E-state index contributed by atoms with van der Waals surface area (Å²) in [7, 11) is 2.17. The molecule has 0 saturated heterocycles. The van der Waals surface area contributed by atoms with Crippen molar-refractivity contribution in [2.24, 2.45) is 0 Å². The molecule has 0 saturated carbocycles. The smallest absolute Gasteiger partial charge is 0.315 e. The normalized spacial score (nSPS) is 16.4. The molecule has 0 N–H and O–H groups in total. The molecule has 64 valence electrons. The first-order valence-electron chi connectivity index (χ1n) is 4.46. The number of rotatable bonds is 0. The Hall–Kier alpha value is -0.353. The van der Waals surface area contributed by atoms with Crippen LogP contribution in [0.15, 0.2) is 24.3 Å². The molecule has 2 heteroatoms. The summed E-state index contributed by atoms with van der Waals surface area (Å²) in [4.78, 5) is 2.35. The Morgan fingerprint density at radius 1 is 1.31 bits per heavy atom.